The number of rotatable bonds is 5. The van der Waals surface area contributed by atoms with Crippen LogP contribution in [0.4, 0.5) is 15.0 Å². The molecule has 2 aromatic rings. The number of pyridine rings is 1. The highest BCUT2D eigenvalue weighted by atomic mass is 19.1. The molecule has 0 fully saturated rings. The van der Waals surface area contributed by atoms with E-state index < -0.39 is 0 Å². The van der Waals surface area contributed by atoms with E-state index in [1.165, 1.54) is 12.1 Å². The summed E-state index contributed by atoms with van der Waals surface area (Å²) >= 11 is 0. The maximum absolute atomic E-state index is 13.4. The number of nitrogens with one attached hydrogen (secondary N) is 3. The van der Waals surface area contributed by atoms with Gasteiger partial charge in [-0.05, 0) is 48.2 Å². The number of halogens is 1. The lowest BCUT2D eigenvalue weighted by Gasteiger charge is -2.15. The number of nitriles is 1. The summed E-state index contributed by atoms with van der Waals surface area (Å²) in [5.74, 6) is 0.202. The third-order valence-electron chi connectivity index (χ3n) is 4.12. The van der Waals surface area contributed by atoms with Crippen molar-refractivity contribution in [1.82, 2.24) is 15.6 Å². The first kappa shape index (κ1) is 16.7. The molecule has 0 saturated heterocycles. The monoisotopic (exact) mass is 339 g/mol. The van der Waals surface area contributed by atoms with Crippen molar-refractivity contribution in [3.8, 4) is 6.07 Å². The third kappa shape index (κ3) is 4.04. The number of carbonyl (C=O) groups is 1. The lowest BCUT2D eigenvalue weighted by Crippen LogP contribution is -2.39. The van der Waals surface area contributed by atoms with Gasteiger partial charge in [-0.1, -0.05) is 6.07 Å². The summed E-state index contributed by atoms with van der Waals surface area (Å²) in [6.07, 6.45) is 3.20. The van der Waals surface area contributed by atoms with Crippen LogP contribution in [0.3, 0.4) is 0 Å². The Morgan fingerprint density at radius 3 is 3.08 bits per heavy atom. The van der Waals surface area contributed by atoms with Gasteiger partial charge in [-0.15, -0.1) is 0 Å². The summed E-state index contributed by atoms with van der Waals surface area (Å²) in [5.41, 5.74) is 2.38. The van der Waals surface area contributed by atoms with Gasteiger partial charge in [-0.3, -0.25) is 0 Å². The fourth-order valence-electron chi connectivity index (χ4n) is 2.93. The Bertz CT molecular complexity index is 817. The van der Waals surface area contributed by atoms with Crippen molar-refractivity contribution in [1.29, 1.82) is 5.26 Å². The van der Waals surface area contributed by atoms with Gasteiger partial charge >= 0.3 is 6.03 Å². The van der Waals surface area contributed by atoms with Gasteiger partial charge in [0.1, 0.15) is 17.7 Å². The Kier molecular flexibility index (Phi) is 5.09. The number of carbonyl (C=O) groups excluding carboxylic acids is 1. The maximum Gasteiger partial charge on any atom is 0.315 e. The Labute approximate surface area is 145 Å². The van der Waals surface area contributed by atoms with Crippen LogP contribution >= 0.6 is 0 Å². The molecular formula is C18H18FN5O. The minimum atomic E-state index is -0.301. The van der Waals surface area contributed by atoms with E-state index in [-0.39, 0.29) is 17.9 Å². The molecule has 2 amide bonds. The molecule has 3 rings (SSSR count). The number of urea groups is 1. The molecule has 0 aliphatic heterocycles. The number of benzene rings is 1. The number of hydrogen-bond donors (Lipinski definition) is 3. The van der Waals surface area contributed by atoms with Gasteiger partial charge in [0.05, 0.1) is 11.6 Å². The second kappa shape index (κ2) is 7.62. The fraction of sp³-hybridized carbons (Fsp3) is 0.278. The predicted octanol–water partition coefficient (Wildman–Crippen LogP) is 2.49. The van der Waals surface area contributed by atoms with Crippen molar-refractivity contribution in [3.05, 3.63) is 59.0 Å². The van der Waals surface area contributed by atoms with Crippen molar-refractivity contribution in [3.63, 3.8) is 0 Å². The summed E-state index contributed by atoms with van der Waals surface area (Å²) in [6.45, 7) is 0.811. The first-order chi connectivity index (χ1) is 12.2. The van der Waals surface area contributed by atoms with Crippen LogP contribution in [0, 0.1) is 17.1 Å². The molecule has 1 aliphatic rings. The fourth-order valence-corrected chi connectivity index (χ4v) is 2.93. The first-order valence-electron chi connectivity index (χ1n) is 8.09. The van der Waals surface area contributed by atoms with E-state index in [1.807, 2.05) is 0 Å². The van der Waals surface area contributed by atoms with Gasteiger partial charge in [0.15, 0.2) is 0 Å². The zero-order valence-corrected chi connectivity index (χ0v) is 13.6. The molecule has 0 bridgehead atoms. The minimum absolute atomic E-state index is 0.167. The molecule has 0 saturated carbocycles. The number of anilines is 1. The lowest BCUT2D eigenvalue weighted by molar-refractivity contribution is 0.237. The van der Waals surface area contributed by atoms with E-state index in [9.17, 15) is 9.18 Å². The topological polar surface area (TPSA) is 89.8 Å². The number of nitrogens with zero attached hydrogens (tertiary/aromatic N) is 2. The zero-order chi connectivity index (χ0) is 17.6. The van der Waals surface area contributed by atoms with Crippen molar-refractivity contribution in [2.45, 2.75) is 18.9 Å². The molecule has 0 spiro atoms. The van der Waals surface area contributed by atoms with Crippen LogP contribution in [0.5, 0.6) is 0 Å². The summed E-state index contributed by atoms with van der Waals surface area (Å²) in [5, 5.41) is 17.6. The van der Waals surface area contributed by atoms with Crippen LogP contribution < -0.4 is 16.0 Å². The minimum Gasteiger partial charge on any atom is -0.367 e. The highest BCUT2D eigenvalue weighted by Gasteiger charge is 2.24. The van der Waals surface area contributed by atoms with Gasteiger partial charge < -0.3 is 16.0 Å². The summed E-state index contributed by atoms with van der Waals surface area (Å²) in [6, 6.07) is 9.65. The Morgan fingerprint density at radius 2 is 2.24 bits per heavy atom. The second-order valence-corrected chi connectivity index (χ2v) is 5.77. The van der Waals surface area contributed by atoms with E-state index in [0.717, 1.165) is 24.0 Å². The lowest BCUT2D eigenvalue weighted by atomic mass is 10.1. The van der Waals surface area contributed by atoms with Crippen LogP contribution in [0.25, 0.3) is 0 Å². The molecule has 1 unspecified atom stereocenters. The quantitative estimate of drug-likeness (QED) is 0.730. The van der Waals surface area contributed by atoms with Crippen LogP contribution in [-0.4, -0.2) is 24.1 Å². The van der Waals surface area contributed by atoms with Gasteiger partial charge in [0, 0.05) is 19.3 Å². The first-order valence-corrected chi connectivity index (χ1v) is 8.09. The summed E-state index contributed by atoms with van der Waals surface area (Å²) in [4.78, 5) is 16.1. The number of fused-ring (bicyclic) bond motifs is 1. The molecule has 7 heteroatoms. The maximum atomic E-state index is 13.4. The molecule has 1 aromatic carbocycles. The predicted molar refractivity (Wildman–Crippen MR) is 91.4 cm³/mol. The van der Waals surface area contributed by atoms with Crippen LogP contribution in [0.15, 0.2) is 36.5 Å². The van der Waals surface area contributed by atoms with Gasteiger partial charge in [-0.2, -0.15) is 5.26 Å². The standard InChI is InChI=1S/C18H18FN5O/c19-14-5-3-12-4-6-16(15(12)10-14)24-18(25)23-9-8-22-17-13(11-20)2-1-7-21-17/h1-3,5,7,10,16H,4,6,8-9H2,(H,21,22)(H2,23,24,25). The van der Waals surface area contributed by atoms with E-state index >= 15 is 0 Å². The molecule has 3 N–H and O–H groups in total. The van der Waals surface area contributed by atoms with Crippen molar-refractivity contribution < 1.29 is 9.18 Å². The SMILES string of the molecule is N#Cc1cccnc1NCCNC(=O)NC1CCc2ccc(F)cc21. The molecule has 1 aromatic heterocycles. The number of hydrogen-bond acceptors (Lipinski definition) is 4. The highest BCUT2D eigenvalue weighted by Crippen LogP contribution is 2.31. The van der Waals surface area contributed by atoms with Gasteiger partial charge in [0.25, 0.3) is 0 Å². The summed E-state index contributed by atoms with van der Waals surface area (Å²) in [7, 11) is 0. The number of amides is 2. The van der Waals surface area contributed by atoms with Crippen LogP contribution in [0.1, 0.15) is 29.2 Å². The van der Waals surface area contributed by atoms with Crippen LogP contribution in [0.2, 0.25) is 0 Å². The molecule has 128 valence electrons. The largest absolute Gasteiger partial charge is 0.367 e. The van der Waals surface area contributed by atoms with Crippen LogP contribution in [-0.2, 0) is 6.42 Å². The Hall–Kier alpha value is -3.14. The van der Waals surface area contributed by atoms with Crippen molar-refractivity contribution in [2.24, 2.45) is 0 Å². The van der Waals surface area contributed by atoms with E-state index in [4.69, 9.17) is 5.26 Å². The molecule has 25 heavy (non-hydrogen) atoms. The van der Waals surface area contributed by atoms with E-state index in [2.05, 4.69) is 27.0 Å². The molecule has 0 radical (unpaired) electrons. The average molecular weight is 339 g/mol. The molecule has 6 nitrogen and oxygen atoms in total. The van der Waals surface area contributed by atoms with Gasteiger partial charge in [0.2, 0.25) is 0 Å². The second-order valence-electron chi connectivity index (χ2n) is 5.77. The van der Waals surface area contributed by atoms with Crippen molar-refractivity contribution >= 4 is 11.8 Å². The molecule has 1 aliphatic carbocycles. The Balaban J connectivity index is 1.45. The summed E-state index contributed by atoms with van der Waals surface area (Å²) < 4.78 is 13.4. The van der Waals surface area contributed by atoms with E-state index in [0.29, 0.717) is 24.5 Å². The third-order valence-corrected chi connectivity index (χ3v) is 4.12. The molecular weight excluding hydrogens is 321 g/mol. The van der Waals surface area contributed by atoms with Crippen molar-refractivity contribution in [2.75, 3.05) is 18.4 Å². The van der Waals surface area contributed by atoms with Gasteiger partial charge in [-0.25, -0.2) is 14.2 Å². The Morgan fingerprint density at radius 1 is 1.36 bits per heavy atom. The number of aromatic nitrogens is 1. The van der Waals surface area contributed by atoms with E-state index in [1.54, 1.807) is 24.4 Å². The number of aryl methyl sites for hydroxylation is 1. The molecule has 1 atom stereocenters. The smallest absolute Gasteiger partial charge is 0.315 e. The molecule has 1 heterocycles. The average Bonchev–Trinajstić information content (AvgIpc) is 3.01. The zero-order valence-electron chi connectivity index (χ0n) is 13.6. The highest BCUT2D eigenvalue weighted by molar-refractivity contribution is 5.74. The normalized spacial score (nSPS) is 15.1.